The molecule has 2 rings (SSSR count). The number of hydrogen-bond donors (Lipinski definition) is 0. The molecule has 0 spiro atoms. The minimum absolute atomic E-state index is 0.212. The van der Waals surface area contributed by atoms with E-state index in [-0.39, 0.29) is 10.0 Å². The smallest absolute Gasteiger partial charge is 0.259 e. The molecule has 20 heavy (non-hydrogen) atoms. The van der Waals surface area contributed by atoms with Crippen LogP contribution in [0.15, 0.2) is 16.6 Å². The first kappa shape index (κ1) is 15.4. The summed E-state index contributed by atoms with van der Waals surface area (Å²) in [5.41, 5.74) is -0.690. The molecular formula is C14H17BrF2N2O. The van der Waals surface area contributed by atoms with E-state index in [4.69, 9.17) is 0 Å². The second kappa shape index (κ2) is 5.41. The number of piperazine rings is 1. The Morgan fingerprint density at radius 1 is 1.25 bits per heavy atom. The molecule has 0 radical (unpaired) electrons. The number of hydrogen-bond acceptors (Lipinski definition) is 2. The van der Waals surface area contributed by atoms with Gasteiger partial charge in [0, 0.05) is 29.6 Å². The Morgan fingerprint density at radius 2 is 1.80 bits per heavy atom. The van der Waals surface area contributed by atoms with Crippen molar-refractivity contribution in [1.82, 2.24) is 9.80 Å². The fourth-order valence-electron chi connectivity index (χ4n) is 2.32. The Labute approximate surface area is 125 Å². The first-order chi connectivity index (χ1) is 9.22. The Balaban J connectivity index is 2.29. The molecule has 0 saturated carbocycles. The van der Waals surface area contributed by atoms with Crippen molar-refractivity contribution >= 4 is 21.8 Å². The molecule has 3 nitrogen and oxygen atoms in total. The third kappa shape index (κ3) is 2.86. The van der Waals surface area contributed by atoms with E-state index >= 15 is 0 Å². The van der Waals surface area contributed by atoms with Crippen LogP contribution in [0.5, 0.6) is 0 Å². The molecule has 6 heteroatoms. The van der Waals surface area contributed by atoms with Crippen molar-refractivity contribution in [3.63, 3.8) is 0 Å². The third-order valence-corrected chi connectivity index (χ3v) is 4.28. The highest BCUT2D eigenvalue weighted by molar-refractivity contribution is 9.10. The molecular weight excluding hydrogens is 330 g/mol. The van der Waals surface area contributed by atoms with Crippen molar-refractivity contribution in [3.8, 4) is 0 Å². The van der Waals surface area contributed by atoms with Crippen molar-refractivity contribution in [2.45, 2.75) is 19.4 Å². The highest BCUT2D eigenvalue weighted by Crippen LogP contribution is 2.24. The predicted octanol–water partition coefficient (Wildman–Crippen LogP) is 2.89. The topological polar surface area (TPSA) is 23.6 Å². The van der Waals surface area contributed by atoms with Crippen LogP contribution in [0.3, 0.4) is 0 Å². The van der Waals surface area contributed by atoms with Gasteiger partial charge in [-0.3, -0.25) is 9.69 Å². The summed E-state index contributed by atoms with van der Waals surface area (Å²) in [6.07, 6.45) is 0. The number of rotatable bonds is 1. The molecule has 0 bridgehead atoms. The molecule has 0 N–H and O–H groups in total. The molecule has 110 valence electrons. The van der Waals surface area contributed by atoms with Crippen LogP contribution in [0.1, 0.15) is 24.2 Å². The van der Waals surface area contributed by atoms with Crippen LogP contribution in [0.2, 0.25) is 0 Å². The Hall–Kier alpha value is -1.01. The maximum absolute atomic E-state index is 13.9. The molecule has 0 aliphatic carbocycles. The van der Waals surface area contributed by atoms with Crippen LogP contribution >= 0.6 is 15.9 Å². The molecule has 1 aromatic carbocycles. The Bertz CT molecular complexity index is 525. The standard InChI is InChI=1S/C14H17BrF2N2O/c1-14(2)8-19(5-4-18(14)3)13(20)12-10(16)6-9(15)7-11(12)17/h6-7H,4-5,8H2,1-3H3. The number of nitrogens with zero attached hydrogens (tertiary/aromatic N) is 2. The molecule has 0 aromatic heterocycles. The molecule has 1 fully saturated rings. The van der Waals surface area contributed by atoms with Crippen molar-refractivity contribution in [3.05, 3.63) is 33.8 Å². The Kier molecular flexibility index (Phi) is 4.16. The van der Waals surface area contributed by atoms with Gasteiger partial charge in [-0.15, -0.1) is 0 Å². The number of halogens is 3. The zero-order valence-electron chi connectivity index (χ0n) is 11.7. The van der Waals surface area contributed by atoms with Crippen molar-refractivity contribution < 1.29 is 13.6 Å². The summed E-state index contributed by atoms with van der Waals surface area (Å²) in [5.74, 6) is -2.26. The average molecular weight is 347 g/mol. The van der Waals surface area contributed by atoms with Gasteiger partial charge >= 0.3 is 0 Å². The van der Waals surface area contributed by atoms with Crippen molar-refractivity contribution in [2.75, 3.05) is 26.7 Å². The van der Waals surface area contributed by atoms with E-state index in [1.54, 1.807) is 0 Å². The van der Waals surface area contributed by atoms with E-state index in [0.717, 1.165) is 12.1 Å². The molecule has 1 amide bonds. The second-order valence-electron chi connectivity index (χ2n) is 5.71. The first-order valence-corrected chi connectivity index (χ1v) is 7.17. The second-order valence-corrected chi connectivity index (χ2v) is 6.62. The van der Waals surface area contributed by atoms with Gasteiger partial charge in [0.05, 0.1) is 0 Å². The molecule has 1 aromatic rings. The number of carbonyl (C=O) groups is 1. The van der Waals surface area contributed by atoms with Crippen molar-refractivity contribution in [2.24, 2.45) is 0 Å². The van der Waals surface area contributed by atoms with Crippen LogP contribution in [0, 0.1) is 11.6 Å². The van der Waals surface area contributed by atoms with Crippen LogP contribution in [-0.4, -0.2) is 47.9 Å². The zero-order valence-corrected chi connectivity index (χ0v) is 13.3. The van der Waals surface area contributed by atoms with Gasteiger partial charge in [-0.2, -0.15) is 0 Å². The largest absolute Gasteiger partial charge is 0.335 e. The van der Waals surface area contributed by atoms with E-state index in [2.05, 4.69) is 20.8 Å². The minimum Gasteiger partial charge on any atom is -0.335 e. The van der Waals surface area contributed by atoms with Gasteiger partial charge in [-0.1, -0.05) is 15.9 Å². The molecule has 1 heterocycles. The summed E-state index contributed by atoms with van der Waals surface area (Å²) in [5, 5.41) is 0. The fourth-order valence-corrected chi connectivity index (χ4v) is 2.72. The number of amides is 1. The van der Waals surface area contributed by atoms with Gasteiger partial charge in [-0.05, 0) is 33.0 Å². The molecule has 1 saturated heterocycles. The van der Waals surface area contributed by atoms with Gasteiger partial charge in [0.2, 0.25) is 0 Å². The summed E-state index contributed by atoms with van der Waals surface area (Å²) in [4.78, 5) is 16.0. The number of carbonyl (C=O) groups excluding carboxylic acids is 1. The van der Waals surface area contributed by atoms with Gasteiger partial charge in [-0.25, -0.2) is 8.78 Å². The lowest BCUT2D eigenvalue weighted by atomic mass is 9.99. The first-order valence-electron chi connectivity index (χ1n) is 6.37. The van der Waals surface area contributed by atoms with Gasteiger partial charge < -0.3 is 4.90 Å². The van der Waals surface area contributed by atoms with Crippen LogP contribution in [-0.2, 0) is 0 Å². The maximum Gasteiger partial charge on any atom is 0.259 e. The summed E-state index contributed by atoms with van der Waals surface area (Å²) < 4.78 is 28.0. The Morgan fingerprint density at radius 3 is 2.30 bits per heavy atom. The van der Waals surface area contributed by atoms with E-state index < -0.39 is 23.1 Å². The minimum atomic E-state index is -0.835. The van der Waals surface area contributed by atoms with Gasteiger partial charge in [0.1, 0.15) is 17.2 Å². The quantitative estimate of drug-likeness (QED) is 0.780. The molecule has 1 aliphatic heterocycles. The van der Waals surface area contributed by atoms with Crippen LogP contribution in [0.25, 0.3) is 0 Å². The lowest BCUT2D eigenvalue weighted by Crippen LogP contribution is -2.59. The predicted molar refractivity (Wildman–Crippen MR) is 76.7 cm³/mol. The lowest BCUT2D eigenvalue weighted by molar-refractivity contribution is 0.0304. The maximum atomic E-state index is 13.9. The molecule has 0 atom stereocenters. The summed E-state index contributed by atoms with van der Waals surface area (Å²) in [7, 11) is 1.97. The van der Waals surface area contributed by atoms with E-state index in [9.17, 15) is 13.6 Å². The van der Waals surface area contributed by atoms with E-state index in [1.165, 1.54) is 4.90 Å². The van der Waals surface area contributed by atoms with Crippen molar-refractivity contribution in [1.29, 1.82) is 0 Å². The zero-order chi connectivity index (χ0) is 15.1. The van der Waals surface area contributed by atoms with E-state index in [1.807, 2.05) is 20.9 Å². The molecule has 0 unspecified atom stereocenters. The van der Waals surface area contributed by atoms with Crippen LogP contribution < -0.4 is 0 Å². The average Bonchev–Trinajstić information content (AvgIpc) is 2.31. The monoisotopic (exact) mass is 346 g/mol. The fraction of sp³-hybridized carbons (Fsp3) is 0.500. The third-order valence-electron chi connectivity index (χ3n) is 3.82. The highest BCUT2D eigenvalue weighted by Gasteiger charge is 2.35. The van der Waals surface area contributed by atoms with E-state index in [0.29, 0.717) is 19.6 Å². The normalized spacial score (nSPS) is 19.2. The lowest BCUT2D eigenvalue weighted by Gasteiger charge is -2.45. The van der Waals surface area contributed by atoms with Gasteiger partial charge in [0.15, 0.2) is 0 Å². The summed E-state index contributed by atoms with van der Waals surface area (Å²) in [6, 6.07) is 2.22. The molecule has 1 aliphatic rings. The number of likely N-dealkylation sites (N-methyl/N-ethyl adjacent to an activating group) is 1. The highest BCUT2D eigenvalue weighted by atomic mass is 79.9. The number of benzene rings is 1. The van der Waals surface area contributed by atoms with Gasteiger partial charge in [0.25, 0.3) is 5.91 Å². The van der Waals surface area contributed by atoms with Crippen LogP contribution in [0.4, 0.5) is 8.78 Å². The SMILES string of the molecule is CN1CCN(C(=O)c2c(F)cc(Br)cc2F)CC1(C)C. The summed E-state index contributed by atoms with van der Waals surface area (Å²) in [6.45, 7) is 5.59. The summed E-state index contributed by atoms with van der Waals surface area (Å²) >= 11 is 3.01.